The largest absolute Gasteiger partial charge is 0.336 e. The Hall–Kier alpha value is -1.59. The highest BCUT2D eigenvalue weighted by molar-refractivity contribution is 5.94. The zero-order chi connectivity index (χ0) is 14.5. The van der Waals surface area contributed by atoms with Crippen molar-refractivity contribution in [2.45, 2.75) is 26.3 Å². The number of hydrazine groups is 1. The van der Waals surface area contributed by atoms with E-state index in [0.717, 1.165) is 43.9 Å². The molecule has 0 bridgehead atoms. The highest BCUT2D eigenvalue weighted by Gasteiger charge is 2.23. The Balaban J connectivity index is 1.94. The summed E-state index contributed by atoms with van der Waals surface area (Å²) in [4.78, 5) is 16.8. The fraction of sp³-hybridized carbons (Fsp3) is 0.533. The van der Waals surface area contributed by atoms with Crippen LogP contribution in [0.5, 0.6) is 0 Å². The van der Waals surface area contributed by atoms with E-state index in [1.807, 2.05) is 29.2 Å². The van der Waals surface area contributed by atoms with Gasteiger partial charge in [0.15, 0.2) is 0 Å². The van der Waals surface area contributed by atoms with Gasteiger partial charge in [0.25, 0.3) is 5.91 Å². The average Bonchev–Trinajstić information content (AvgIpc) is 2.53. The lowest BCUT2D eigenvalue weighted by atomic mass is 10.1. The third-order valence-corrected chi connectivity index (χ3v) is 4.11. The Kier molecular flexibility index (Phi) is 4.98. The highest BCUT2D eigenvalue weighted by atomic mass is 16.2. The van der Waals surface area contributed by atoms with Crippen LogP contribution in [0.2, 0.25) is 0 Å². The first-order chi connectivity index (χ1) is 9.65. The lowest BCUT2D eigenvalue weighted by Gasteiger charge is -2.37. The van der Waals surface area contributed by atoms with Crippen LogP contribution in [0.15, 0.2) is 24.3 Å². The topological polar surface area (TPSA) is 61.6 Å². The summed E-state index contributed by atoms with van der Waals surface area (Å²) in [6, 6.07) is 7.88. The molecular formula is C15H24N4O. The summed E-state index contributed by atoms with van der Waals surface area (Å²) in [5.41, 5.74) is 4.10. The third kappa shape index (κ3) is 3.29. The molecule has 5 heteroatoms. The zero-order valence-electron chi connectivity index (χ0n) is 12.3. The summed E-state index contributed by atoms with van der Waals surface area (Å²) in [5, 5.41) is 0. The van der Waals surface area contributed by atoms with Crippen LogP contribution in [-0.2, 0) is 0 Å². The van der Waals surface area contributed by atoms with Gasteiger partial charge in [-0.3, -0.25) is 15.5 Å². The van der Waals surface area contributed by atoms with Gasteiger partial charge < -0.3 is 10.3 Å². The van der Waals surface area contributed by atoms with E-state index in [2.05, 4.69) is 24.2 Å². The first-order valence-corrected chi connectivity index (χ1v) is 7.25. The molecule has 110 valence electrons. The smallest absolute Gasteiger partial charge is 0.253 e. The second-order valence-corrected chi connectivity index (χ2v) is 5.31. The molecule has 1 saturated heterocycles. The molecule has 3 N–H and O–H groups in total. The molecule has 0 saturated carbocycles. The van der Waals surface area contributed by atoms with E-state index in [4.69, 9.17) is 5.84 Å². The summed E-state index contributed by atoms with van der Waals surface area (Å²) in [6.07, 6.45) is 1.15. The van der Waals surface area contributed by atoms with Crippen LogP contribution in [0.4, 0.5) is 5.69 Å². The number of nitrogens with one attached hydrogen (secondary N) is 1. The van der Waals surface area contributed by atoms with Crippen molar-refractivity contribution < 1.29 is 4.79 Å². The summed E-state index contributed by atoms with van der Waals surface area (Å²) in [5.74, 6) is 5.43. The minimum Gasteiger partial charge on any atom is -0.336 e. The molecule has 1 fully saturated rings. The number of hydrogen-bond acceptors (Lipinski definition) is 4. The monoisotopic (exact) mass is 276 g/mol. The number of amides is 1. The van der Waals surface area contributed by atoms with Crippen LogP contribution in [0, 0.1) is 0 Å². The van der Waals surface area contributed by atoms with Gasteiger partial charge in [0.05, 0.1) is 0 Å². The van der Waals surface area contributed by atoms with E-state index in [0.29, 0.717) is 6.04 Å². The van der Waals surface area contributed by atoms with Crippen molar-refractivity contribution in [1.29, 1.82) is 0 Å². The van der Waals surface area contributed by atoms with Crippen LogP contribution in [0.25, 0.3) is 0 Å². The number of piperazine rings is 1. The third-order valence-electron chi connectivity index (χ3n) is 4.11. The van der Waals surface area contributed by atoms with Crippen molar-refractivity contribution in [2.24, 2.45) is 5.84 Å². The molecule has 20 heavy (non-hydrogen) atoms. The molecule has 1 heterocycles. The van der Waals surface area contributed by atoms with Crippen LogP contribution in [0.3, 0.4) is 0 Å². The SMILES string of the molecule is CCC(C)N1CCN(C(=O)c2ccc(NN)cc2)CC1. The minimum absolute atomic E-state index is 0.109. The van der Waals surface area contributed by atoms with Crippen molar-refractivity contribution >= 4 is 11.6 Å². The van der Waals surface area contributed by atoms with Gasteiger partial charge in [0, 0.05) is 43.5 Å². The van der Waals surface area contributed by atoms with E-state index in [1.54, 1.807) is 0 Å². The zero-order valence-corrected chi connectivity index (χ0v) is 12.3. The first-order valence-electron chi connectivity index (χ1n) is 7.25. The summed E-state index contributed by atoms with van der Waals surface area (Å²) >= 11 is 0. The van der Waals surface area contributed by atoms with Crippen molar-refractivity contribution in [2.75, 3.05) is 31.6 Å². The number of nitrogen functional groups attached to an aromatic ring is 1. The first kappa shape index (κ1) is 14.8. The molecule has 1 atom stereocenters. The molecule has 1 aromatic carbocycles. The van der Waals surface area contributed by atoms with Gasteiger partial charge in [0.2, 0.25) is 0 Å². The molecular weight excluding hydrogens is 252 g/mol. The average molecular weight is 276 g/mol. The maximum atomic E-state index is 12.4. The van der Waals surface area contributed by atoms with Gasteiger partial charge in [-0.25, -0.2) is 0 Å². The van der Waals surface area contributed by atoms with E-state index in [9.17, 15) is 4.79 Å². The van der Waals surface area contributed by atoms with Gasteiger partial charge in [-0.1, -0.05) is 6.92 Å². The highest BCUT2D eigenvalue weighted by Crippen LogP contribution is 2.14. The number of benzene rings is 1. The van der Waals surface area contributed by atoms with E-state index < -0.39 is 0 Å². The van der Waals surface area contributed by atoms with Gasteiger partial charge >= 0.3 is 0 Å². The molecule has 5 nitrogen and oxygen atoms in total. The maximum absolute atomic E-state index is 12.4. The predicted octanol–water partition coefficient (Wildman–Crippen LogP) is 1.53. The fourth-order valence-electron chi connectivity index (χ4n) is 2.52. The van der Waals surface area contributed by atoms with Crippen molar-refractivity contribution in [3.63, 3.8) is 0 Å². The number of carbonyl (C=O) groups is 1. The molecule has 0 aromatic heterocycles. The van der Waals surface area contributed by atoms with Crippen molar-refractivity contribution in [1.82, 2.24) is 9.80 Å². The molecule has 0 aliphatic carbocycles. The molecule has 1 aliphatic rings. The Morgan fingerprint density at radius 1 is 1.25 bits per heavy atom. The fourth-order valence-corrected chi connectivity index (χ4v) is 2.52. The second-order valence-electron chi connectivity index (χ2n) is 5.31. The molecule has 0 spiro atoms. The predicted molar refractivity (Wildman–Crippen MR) is 81.5 cm³/mol. The van der Waals surface area contributed by atoms with Crippen molar-refractivity contribution in [3.8, 4) is 0 Å². The lowest BCUT2D eigenvalue weighted by Crippen LogP contribution is -2.51. The number of carbonyl (C=O) groups excluding carboxylic acids is 1. The number of nitrogens with two attached hydrogens (primary N) is 1. The molecule has 2 rings (SSSR count). The summed E-state index contributed by atoms with van der Waals surface area (Å²) in [7, 11) is 0. The number of hydrogen-bond donors (Lipinski definition) is 2. The molecule has 1 aromatic rings. The second kappa shape index (κ2) is 6.72. The number of nitrogens with zero attached hydrogens (tertiary/aromatic N) is 2. The van der Waals surface area contributed by atoms with Crippen LogP contribution in [0.1, 0.15) is 30.6 Å². The molecule has 1 aliphatic heterocycles. The quantitative estimate of drug-likeness (QED) is 0.647. The summed E-state index contributed by atoms with van der Waals surface area (Å²) in [6.45, 7) is 7.98. The Labute approximate surface area is 120 Å². The van der Waals surface area contributed by atoms with Gasteiger partial charge in [-0.15, -0.1) is 0 Å². The van der Waals surface area contributed by atoms with E-state index >= 15 is 0 Å². The van der Waals surface area contributed by atoms with E-state index in [1.165, 1.54) is 0 Å². The normalized spacial score (nSPS) is 17.9. The van der Waals surface area contributed by atoms with Crippen LogP contribution in [-0.4, -0.2) is 47.9 Å². The van der Waals surface area contributed by atoms with Crippen LogP contribution >= 0.6 is 0 Å². The minimum atomic E-state index is 0.109. The molecule has 1 unspecified atom stereocenters. The number of anilines is 1. The molecule has 1 amide bonds. The Bertz CT molecular complexity index is 438. The number of rotatable bonds is 4. The lowest BCUT2D eigenvalue weighted by molar-refractivity contribution is 0.0579. The standard InChI is InChI=1S/C15H24N4O/c1-3-12(2)18-8-10-19(11-9-18)15(20)13-4-6-14(17-16)7-5-13/h4-7,12,17H,3,8-11,16H2,1-2H3. The maximum Gasteiger partial charge on any atom is 0.253 e. The van der Waals surface area contributed by atoms with Crippen molar-refractivity contribution in [3.05, 3.63) is 29.8 Å². The Morgan fingerprint density at radius 3 is 2.35 bits per heavy atom. The van der Waals surface area contributed by atoms with Crippen LogP contribution < -0.4 is 11.3 Å². The van der Waals surface area contributed by atoms with Gasteiger partial charge in [0.1, 0.15) is 0 Å². The van der Waals surface area contributed by atoms with Gasteiger partial charge in [-0.2, -0.15) is 0 Å². The van der Waals surface area contributed by atoms with Gasteiger partial charge in [-0.05, 0) is 37.6 Å². The van der Waals surface area contributed by atoms with E-state index in [-0.39, 0.29) is 5.91 Å². The molecule has 0 radical (unpaired) electrons. The summed E-state index contributed by atoms with van der Waals surface area (Å²) < 4.78 is 0. The Morgan fingerprint density at radius 2 is 1.85 bits per heavy atom.